The van der Waals surface area contributed by atoms with Gasteiger partial charge in [-0.3, -0.25) is 4.79 Å². The second-order valence-corrected chi connectivity index (χ2v) is 8.83. The summed E-state index contributed by atoms with van der Waals surface area (Å²) in [6.45, 7) is 0. The molecule has 1 aromatic heterocycles. The van der Waals surface area contributed by atoms with Gasteiger partial charge in [-0.2, -0.15) is 4.90 Å². The molecule has 0 fully saturated rings. The molecule has 0 aliphatic rings. The summed E-state index contributed by atoms with van der Waals surface area (Å²) in [6.07, 6.45) is 0. The third-order valence-corrected chi connectivity index (χ3v) is 5.99. The van der Waals surface area contributed by atoms with Crippen LogP contribution in [-0.4, -0.2) is 27.5 Å². The number of hydrogen-bond donors (Lipinski definition) is 3. The average Bonchev–Trinajstić information content (AvgIpc) is 3.28. The molecule has 4 aromatic rings. The molecule has 0 aliphatic carbocycles. The number of rotatable bonds is 5. The van der Waals surface area contributed by atoms with E-state index in [1.807, 2.05) is 18.2 Å². The van der Waals surface area contributed by atoms with Crippen LogP contribution in [0, 0.1) is 0 Å². The van der Waals surface area contributed by atoms with Crippen molar-refractivity contribution in [1.29, 1.82) is 0 Å². The van der Waals surface area contributed by atoms with Crippen LogP contribution in [0.25, 0.3) is 0 Å². The Kier molecular flexibility index (Phi) is 7.48. The van der Waals surface area contributed by atoms with E-state index in [9.17, 15) is 14.4 Å². The molecule has 0 spiro atoms. The molecule has 4 rings (SSSR count). The quantitative estimate of drug-likeness (QED) is 0.229. The Hall–Kier alpha value is -4.22. The third-order valence-electron chi connectivity index (χ3n) is 4.24. The third kappa shape index (κ3) is 6.18. The number of para-hydroxylation sites is 3. The molecule has 9 nitrogen and oxygen atoms in total. The van der Waals surface area contributed by atoms with Crippen LogP contribution in [0.4, 0.5) is 36.6 Å². The van der Waals surface area contributed by atoms with Gasteiger partial charge in [-0.05, 0) is 36.4 Å². The summed E-state index contributed by atoms with van der Waals surface area (Å²) < 4.78 is 0.272. The van der Waals surface area contributed by atoms with E-state index in [1.54, 1.807) is 72.8 Å². The summed E-state index contributed by atoms with van der Waals surface area (Å²) in [4.78, 5) is 39.2. The molecule has 3 N–H and O–H groups in total. The smallest absolute Gasteiger partial charge is 0.317 e. The van der Waals surface area contributed by atoms with Crippen molar-refractivity contribution in [2.45, 2.75) is 4.34 Å². The van der Waals surface area contributed by atoms with Crippen LogP contribution in [0.15, 0.2) is 95.3 Å². The van der Waals surface area contributed by atoms with Gasteiger partial charge in [0.1, 0.15) is 0 Å². The number of imide groups is 1. The predicted octanol–water partition coefficient (Wildman–Crippen LogP) is 6.13. The molecular formula is C23H18N6O3S2. The van der Waals surface area contributed by atoms with Crippen molar-refractivity contribution in [1.82, 2.24) is 10.2 Å². The average molecular weight is 491 g/mol. The predicted molar refractivity (Wildman–Crippen MR) is 135 cm³/mol. The van der Waals surface area contributed by atoms with Gasteiger partial charge in [-0.15, -0.1) is 10.2 Å². The van der Waals surface area contributed by atoms with E-state index in [0.717, 1.165) is 28.0 Å². The van der Waals surface area contributed by atoms with E-state index in [4.69, 9.17) is 0 Å². The van der Waals surface area contributed by atoms with Crippen molar-refractivity contribution in [3.8, 4) is 0 Å². The molecule has 5 amide bonds. The molecule has 0 saturated carbocycles. The number of benzene rings is 3. The summed E-state index contributed by atoms with van der Waals surface area (Å²) in [5.74, 6) is 0. The fourth-order valence-corrected chi connectivity index (χ4v) is 4.35. The van der Waals surface area contributed by atoms with E-state index >= 15 is 0 Å². The van der Waals surface area contributed by atoms with Crippen LogP contribution in [0.5, 0.6) is 0 Å². The lowest BCUT2D eigenvalue weighted by Gasteiger charge is -2.18. The van der Waals surface area contributed by atoms with E-state index in [0.29, 0.717) is 17.1 Å². The van der Waals surface area contributed by atoms with Gasteiger partial charge < -0.3 is 16.0 Å². The van der Waals surface area contributed by atoms with Crippen LogP contribution in [0.2, 0.25) is 0 Å². The van der Waals surface area contributed by atoms with Crippen LogP contribution >= 0.6 is 23.1 Å². The van der Waals surface area contributed by atoms with E-state index < -0.39 is 12.1 Å². The SMILES string of the molecule is O=C(Nc1ccccc1)Sc1nnc(N(C(=O)Nc2ccccc2)C(=O)Nc2ccccc2)s1. The number of anilines is 4. The minimum atomic E-state index is -0.721. The molecule has 3 aromatic carbocycles. The van der Waals surface area contributed by atoms with E-state index in [2.05, 4.69) is 26.1 Å². The topological polar surface area (TPSA) is 116 Å². The highest BCUT2D eigenvalue weighted by atomic mass is 32.2. The lowest BCUT2D eigenvalue weighted by atomic mass is 10.3. The highest BCUT2D eigenvalue weighted by Gasteiger charge is 2.28. The summed E-state index contributed by atoms with van der Waals surface area (Å²) in [5.41, 5.74) is 1.65. The Morgan fingerprint density at radius 1 is 0.647 bits per heavy atom. The normalized spacial score (nSPS) is 10.2. The first-order valence-corrected chi connectivity index (χ1v) is 11.6. The number of amides is 5. The lowest BCUT2D eigenvalue weighted by molar-refractivity contribution is 0.246. The standard InChI is InChI=1S/C23H18N6O3S2/c30-19(24-16-10-4-1-5-11-16)29(20(31)25-17-12-6-2-7-13-17)21-27-28-23(33-21)34-22(32)26-18-14-8-3-9-15-18/h1-15H,(H,24,30)(H,25,31)(H,26,32). The van der Waals surface area contributed by atoms with Crippen LogP contribution in [0.1, 0.15) is 0 Å². The first-order valence-electron chi connectivity index (χ1n) is 9.98. The molecule has 1 heterocycles. The van der Waals surface area contributed by atoms with Gasteiger partial charge >= 0.3 is 12.1 Å². The molecule has 0 atom stereocenters. The monoisotopic (exact) mass is 490 g/mol. The number of nitrogens with zero attached hydrogens (tertiary/aromatic N) is 3. The molecule has 0 aliphatic heterocycles. The Labute approximate surface area is 203 Å². The highest BCUT2D eigenvalue weighted by molar-refractivity contribution is 8.15. The number of urea groups is 2. The summed E-state index contributed by atoms with van der Waals surface area (Å²) >= 11 is 1.75. The second-order valence-electron chi connectivity index (χ2n) is 6.66. The maximum Gasteiger partial charge on any atom is 0.336 e. The maximum absolute atomic E-state index is 13.0. The van der Waals surface area contributed by atoms with Gasteiger partial charge in [0, 0.05) is 28.8 Å². The van der Waals surface area contributed by atoms with Gasteiger partial charge in [0.15, 0.2) is 4.34 Å². The zero-order chi connectivity index (χ0) is 23.8. The number of carbonyl (C=O) groups is 3. The molecule has 0 saturated heterocycles. The fourth-order valence-electron chi connectivity index (χ4n) is 2.75. The van der Waals surface area contributed by atoms with Crippen molar-refractivity contribution in [2.75, 3.05) is 20.9 Å². The first-order chi connectivity index (χ1) is 16.6. The van der Waals surface area contributed by atoms with Crippen LogP contribution in [0.3, 0.4) is 0 Å². The number of carbonyl (C=O) groups excluding carboxylic acids is 3. The molecule has 34 heavy (non-hydrogen) atoms. The Bertz CT molecular complexity index is 1220. The number of aromatic nitrogens is 2. The minimum absolute atomic E-state index is 0.0110. The van der Waals surface area contributed by atoms with Gasteiger partial charge in [-0.1, -0.05) is 65.9 Å². The number of thioether (sulfide) groups is 1. The van der Waals surface area contributed by atoms with Crippen molar-refractivity contribution in [3.05, 3.63) is 91.0 Å². The molecule has 0 unspecified atom stereocenters. The van der Waals surface area contributed by atoms with E-state index in [1.165, 1.54) is 0 Å². The second kappa shape index (κ2) is 11.1. The van der Waals surface area contributed by atoms with Crippen molar-refractivity contribution >= 4 is 62.6 Å². The molecular weight excluding hydrogens is 472 g/mol. The van der Waals surface area contributed by atoms with Crippen LogP contribution in [-0.2, 0) is 0 Å². The first kappa shape index (κ1) is 23.0. The Balaban J connectivity index is 1.52. The van der Waals surface area contributed by atoms with Gasteiger partial charge in [-0.25, -0.2) is 9.59 Å². The van der Waals surface area contributed by atoms with Crippen molar-refractivity contribution in [2.24, 2.45) is 0 Å². The molecule has 11 heteroatoms. The van der Waals surface area contributed by atoms with Crippen molar-refractivity contribution in [3.63, 3.8) is 0 Å². The van der Waals surface area contributed by atoms with Gasteiger partial charge in [0.2, 0.25) is 5.13 Å². The van der Waals surface area contributed by atoms with Gasteiger partial charge in [0.05, 0.1) is 0 Å². The zero-order valence-corrected chi connectivity index (χ0v) is 19.2. The number of hydrogen-bond acceptors (Lipinski definition) is 7. The Morgan fingerprint density at radius 2 is 1.09 bits per heavy atom. The number of nitrogens with one attached hydrogen (secondary N) is 3. The zero-order valence-electron chi connectivity index (χ0n) is 17.5. The summed E-state index contributed by atoms with van der Waals surface area (Å²) in [6, 6.07) is 25.0. The van der Waals surface area contributed by atoms with Crippen molar-refractivity contribution < 1.29 is 14.4 Å². The Morgan fingerprint density at radius 3 is 1.56 bits per heavy atom. The van der Waals surface area contributed by atoms with E-state index in [-0.39, 0.29) is 14.7 Å². The molecule has 0 radical (unpaired) electrons. The summed E-state index contributed by atoms with van der Waals surface area (Å²) in [7, 11) is 0. The largest absolute Gasteiger partial charge is 0.336 e. The lowest BCUT2D eigenvalue weighted by Crippen LogP contribution is -2.42. The van der Waals surface area contributed by atoms with Gasteiger partial charge in [0.25, 0.3) is 5.24 Å². The summed E-state index contributed by atoms with van der Waals surface area (Å²) in [5, 5.41) is 15.6. The highest BCUT2D eigenvalue weighted by Crippen LogP contribution is 2.30. The molecule has 0 bridgehead atoms. The van der Waals surface area contributed by atoms with Crippen LogP contribution < -0.4 is 20.9 Å². The fraction of sp³-hybridized carbons (Fsp3) is 0. The maximum atomic E-state index is 13.0. The molecule has 170 valence electrons. The minimum Gasteiger partial charge on any atom is -0.317 e.